The maximum Gasteiger partial charge on any atom is 0.308 e. The molecule has 0 heterocycles. The van der Waals surface area contributed by atoms with Gasteiger partial charge in [0.15, 0.2) is 0 Å². The van der Waals surface area contributed by atoms with Gasteiger partial charge in [-0.1, -0.05) is 27.7 Å². The first-order valence-corrected chi connectivity index (χ1v) is 3.84. The van der Waals surface area contributed by atoms with Gasteiger partial charge >= 0.3 is 5.97 Å². The molecule has 1 unspecified atom stereocenters. The van der Waals surface area contributed by atoms with Crippen molar-refractivity contribution in [1.29, 1.82) is 0 Å². The van der Waals surface area contributed by atoms with E-state index in [9.17, 15) is 4.79 Å². The summed E-state index contributed by atoms with van der Waals surface area (Å²) in [5.41, 5.74) is 0. The number of rotatable bonds is 4. The predicted octanol–water partition coefficient (Wildman–Crippen LogP) is 2.62. The minimum absolute atomic E-state index is 0. The fourth-order valence-electron chi connectivity index (χ4n) is 1.00. The van der Waals surface area contributed by atoms with Crippen molar-refractivity contribution in [3.05, 3.63) is 0 Å². The Morgan fingerprint density at radius 2 is 2.00 bits per heavy atom. The normalized spacial score (nSPS) is 11.5. The van der Waals surface area contributed by atoms with Crippen LogP contribution in [0.3, 0.4) is 0 Å². The summed E-state index contributed by atoms with van der Waals surface area (Å²) in [6.07, 6.45) is 2.89. The maximum absolute atomic E-state index is 10.9. The molecule has 1 atom stereocenters. The Labute approximate surface area is 69.9 Å². The SMILES string of the molecule is C.CCCC(CC)C(=O)OC. The molecule has 0 radical (unpaired) electrons. The molecule has 0 aromatic rings. The fourth-order valence-corrected chi connectivity index (χ4v) is 1.00. The fraction of sp³-hybridized carbons (Fsp3) is 0.889. The van der Waals surface area contributed by atoms with Crippen LogP contribution in [0.15, 0.2) is 0 Å². The van der Waals surface area contributed by atoms with Gasteiger partial charge in [0.05, 0.1) is 13.0 Å². The van der Waals surface area contributed by atoms with E-state index in [0.29, 0.717) is 0 Å². The highest BCUT2D eigenvalue weighted by Gasteiger charge is 2.14. The van der Waals surface area contributed by atoms with E-state index in [0.717, 1.165) is 19.3 Å². The highest BCUT2D eigenvalue weighted by atomic mass is 16.5. The molecule has 0 rings (SSSR count). The lowest BCUT2D eigenvalue weighted by Crippen LogP contribution is -2.14. The summed E-state index contributed by atoms with van der Waals surface area (Å²) < 4.78 is 4.62. The van der Waals surface area contributed by atoms with Gasteiger partial charge < -0.3 is 4.74 Å². The smallest absolute Gasteiger partial charge is 0.308 e. The molecule has 0 aliphatic rings. The van der Waals surface area contributed by atoms with E-state index >= 15 is 0 Å². The third-order valence-corrected chi connectivity index (χ3v) is 1.66. The van der Waals surface area contributed by atoms with Crippen LogP contribution >= 0.6 is 0 Å². The van der Waals surface area contributed by atoms with E-state index in [4.69, 9.17) is 0 Å². The molecule has 0 aromatic carbocycles. The molecule has 0 aliphatic heterocycles. The molecule has 2 nitrogen and oxygen atoms in total. The van der Waals surface area contributed by atoms with Crippen LogP contribution in [0.5, 0.6) is 0 Å². The highest BCUT2D eigenvalue weighted by molar-refractivity contribution is 5.72. The van der Waals surface area contributed by atoms with Crippen LogP contribution in [-0.2, 0) is 9.53 Å². The number of esters is 1. The van der Waals surface area contributed by atoms with E-state index in [-0.39, 0.29) is 19.3 Å². The molecule has 0 aliphatic carbocycles. The predicted molar refractivity (Wildman–Crippen MR) is 47.4 cm³/mol. The number of ether oxygens (including phenoxy) is 1. The Morgan fingerprint density at radius 3 is 2.27 bits per heavy atom. The minimum Gasteiger partial charge on any atom is -0.469 e. The summed E-state index contributed by atoms with van der Waals surface area (Å²) in [6.45, 7) is 4.09. The number of carbonyl (C=O) groups is 1. The summed E-state index contributed by atoms with van der Waals surface area (Å²) in [4.78, 5) is 10.9. The molecule has 0 aromatic heterocycles. The van der Waals surface area contributed by atoms with Crippen LogP contribution in [0.2, 0.25) is 0 Å². The van der Waals surface area contributed by atoms with Crippen molar-refractivity contribution in [3.8, 4) is 0 Å². The summed E-state index contributed by atoms with van der Waals surface area (Å²) in [7, 11) is 1.45. The zero-order chi connectivity index (χ0) is 7.98. The zero-order valence-electron chi connectivity index (χ0n) is 7.02. The number of methoxy groups -OCH3 is 1. The second kappa shape index (κ2) is 7.58. The van der Waals surface area contributed by atoms with Gasteiger partial charge in [0.2, 0.25) is 0 Å². The van der Waals surface area contributed by atoms with Crippen molar-refractivity contribution in [2.45, 2.75) is 40.5 Å². The summed E-state index contributed by atoms with van der Waals surface area (Å²) >= 11 is 0. The molecule has 2 heteroatoms. The second-order valence-electron chi connectivity index (χ2n) is 2.42. The van der Waals surface area contributed by atoms with Crippen molar-refractivity contribution >= 4 is 5.97 Å². The standard InChI is InChI=1S/C8H16O2.CH4/c1-4-6-7(5-2)8(9)10-3;/h7H,4-6H2,1-3H3;1H4. The third-order valence-electron chi connectivity index (χ3n) is 1.66. The van der Waals surface area contributed by atoms with E-state index < -0.39 is 0 Å². The largest absolute Gasteiger partial charge is 0.469 e. The van der Waals surface area contributed by atoms with E-state index in [1.165, 1.54) is 7.11 Å². The molecule has 0 spiro atoms. The molecule has 0 saturated carbocycles. The minimum atomic E-state index is -0.0654. The van der Waals surface area contributed by atoms with Crippen LogP contribution in [-0.4, -0.2) is 13.1 Å². The van der Waals surface area contributed by atoms with Gasteiger partial charge in [-0.15, -0.1) is 0 Å². The van der Waals surface area contributed by atoms with Crippen LogP contribution in [0.4, 0.5) is 0 Å². The molecule has 0 saturated heterocycles. The van der Waals surface area contributed by atoms with Gasteiger partial charge in [0.1, 0.15) is 0 Å². The first kappa shape index (κ1) is 13.1. The summed E-state index contributed by atoms with van der Waals surface area (Å²) in [5, 5.41) is 0. The van der Waals surface area contributed by atoms with Crippen LogP contribution in [0.25, 0.3) is 0 Å². The monoisotopic (exact) mass is 160 g/mol. The Morgan fingerprint density at radius 1 is 1.45 bits per heavy atom. The molecule has 0 fully saturated rings. The zero-order valence-corrected chi connectivity index (χ0v) is 7.02. The first-order valence-electron chi connectivity index (χ1n) is 3.84. The third kappa shape index (κ3) is 4.82. The van der Waals surface area contributed by atoms with E-state index in [1.54, 1.807) is 0 Å². The quantitative estimate of drug-likeness (QED) is 0.591. The topological polar surface area (TPSA) is 26.3 Å². The Hall–Kier alpha value is -0.530. The van der Waals surface area contributed by atoms with Crippen LogP contribution in [0.1, 0.15) is 40.5 Å². The Balaban J connectivity index is 0. The first-order chi connectivity index (χ1) is 4.76. The molecule has 11 heavy (non-hydrogen) atoms. The van der Waals surface area contributed by atoms with Gasteiger partial charge in [-0.25, -0.2) is 0 Å². The van der Waals surface area contributed by atoms with Gasteiger partial charge in [-0.05, 0) is 12.8 Å². The number of carbonyl (C=O) groups excluding carboxylic acids is 1. The lowest BCUT2D eigenvalue weighted by molar-refractivity contribution is -0.145. The number of hydrogen-bond donors (Lipinski definition) is 0. The van der Waals surface area contributed by atoms with Crippen molar-refractivity contribution in [2.75, 3.05) is 7.11 Å². The summed E-state index contributed by atoms with van der Waals surface area (Å²) in [6, 6.07) is 0. The van der Waals surface area contributed by atoms with E-state index in [2.05, 4.69) is 11.7 Å². The van der Waals surface area contributed by atoms with Crippen LogP contribution in [0, 0.1) is 5.92 Å². The van der Waals surface area contributed by atoms with Crippen molar-refractivity contribution in [2.24, 2.45) is 5.92 Å². The average molecular weight is 160 g/mol. The van der Waals surface area contributed by atoms with Crippen molar-refractivity contribution in [1.82, 2.24) is 0 Å². The summed E-state index contributed by atoms with van der Waals surface area (Å²) in [5.74, 6) is 0.0550. The second-order valence-corrected chi connectivity index (χ2v) is 2.42. The van der Waals surface area contributed by atoms with Crippen LogP contribution < -0.4 is 0 Å². The van der Waals surface area contributed by atoms with Crippen molar-refractivity contribution < 1.29 is 9.53 Å². The molecule has 0 N–H and O–H groups in total. The highest BCUT2D eigenvalue weighted by Crippen LogP contribution is 2.11. The Bertz CT molecular complexity index is 99.7. The van der Waals surface area contributed by atoms with Gasteiger partial charge in [-0.2, -0.15) is 0 Å². The van der Waals surface area contributed by atoms with Gasteiger partial charge in [0, 0.05) is 0 Å². The number of hydrogen-bond acceptors (Lipinski definition) is 2. The molecule has 0 bridgehead atoms. The molecular formula is C9H20O2. The lowest BCUT2D eigenvalue weighted by Gasteiger charge is -2.09. The van der Waals surface area contributed by atoms with Gasteiger partial charge in [0.25, 0.3) is 0 Å². The Kier molecular flexibility index (Phi) is 9.01. The van der Waals surface area contributed by atoms with E-state index in [1.807, 2.05) is 6.92 Å². The molecule has 0 amide bonds. The lowest BCUT2D eigenvalue weighted by atomic mass is 10.0. The maximum atomic E-state index is 10.9. The molecular weight excluding hydrogens is 140 g/mol. The average Bonchev–Trinajstić information content (AvgIpc) is 1.99. The van der Waals surface area contributed by atoms with Crippen molar-refractivity contribution in [3.63, 3.8) is 0 Å². The van der Waals surface area contributed by atoms with Gasteiger partial charge in [-0.3, -0.25) is 4.79 Å². The molecule has 68 valence electrons.